The molecule has 8 heteroatoms. The van der Waals surface area contributed by atoms with Gasteiger partial charge < -0.3 is 5.32 Å². The van der Waals surface area contributed by atoms with Crippen molar-refractivity contribution in [1.82, 2.24) is 4.31 Å². The smallest absolute Gasteiger partial charge is 0.243 e. The fourth-order valence-electron chi connectivity index (χ4n) is 3.43. The van der Waals surface area contributed by atoms with Crippen LogP contribution in [-0.4, -0.2) is 31.2 Å². The van der Waals surface area contributed by atoms with Crippen LogP contribution in [0.15, 0.2) is 57.9 Å². The van der Waals surface area contributed by atoms with E-state index in [9.17, 15) is 17.6 Å². The molecule has 1 amide bonds. The molecule has 1 aliphatic carbocycles. The average Bonchev–Trinajstić information content (AvgIpc) is 2.67. The molecule has 0 unspecified atom stereocenters. The molecule has 0 bridgehead atoms. The fraction of sp³-hybridized carbons (Fsp3) is 0.350. The van der Waals surface area contributed by atoms with Crippen LogP contribution in [0.5, 0.6) is 0 Å². The van der Waals surface area contributed by atoms with E-state index in [-0.39, 0.29) is 17.5 Å². The Morgan fingerprint density at radius 3 is 2.43 bits per heavy atom. The number of amides is 1. The maximum atomic E-state index is 13.4. The van der Waals surface area contributed by atoms with Gasteiger partial charge in [-0.2, -0.15) is 4.31 Å². The van der Waals surface area contributed by atoms with Crippen LogP contribution in [0.1, 0.15) is 32.1 Å². The lowest BCUT2D eigenvalue weighted by Crippen LogP contribution is -2.45. The molecule has 0 heterocycles. The molecule has 0 radical (unpaired) electrons. The highest BCUT2D eigenvalue weighted by atomic mass is 79.9. The van der Waals surface area contributed by atoms with Gasteiger partial charge in [-0.15, -0.1) is 0 Å². The summed E-state index contributed by atoms with van der Waals surface area (Å²) in [4.78, 5) is 12.7. The molecule has 3 rings (SSSR count). The van der Waals surface area contributed by atoms with Gasteiger partial charge in [0.25, 0.3) is 0 Å². The second kappa shape index (κ2) is 9.15. The average molecular weight is 469 g/mol. The van der Waals surface area contributed by atoms with E-state index in [1.165, 1.54) is 34.6 Å². The quantitative estimate of drug-likeness (QED) is 0.675. The van der Waals surface area contributed by atoms with Gasteiger partial charge >= 0.3 is 0 Å². The van der Waals surface area contributed by atoms with Gasteiger partial charge in [0.1, 0.15) is 5.82 Å². The van der Waals surface area contributed by atoms with Gasteiger partial charge in [-0.05, 0) is 55.3 Å². The Balaban J connectivity index is 1.84. The summed E-state index contributed by atoms with van der Waals surface area (Å²) in [6, 6.07) is 11.7. The van der Waals surface area contributed by atoms with Crippen molar-refractivity contribution in [3.63, 3.8) is 0 Å². The van der Waals surface area contributed by atoms with E-state index in [0.29, 0.717) is 5.69 Å². The first kappa shape index (κ1) is 21.0. The number of halogens is 2. The Labute approximate surface area is 173 Å². The van der Waals surface area contributed by atoms with Gasteiger partial charge in [-0.3, -0.25) is 4.79 Å². The van der Waals surface area contributed by atoms with E-state index in [1.807, 2.05) is 0 Å². The van der Waals surface area contributed by atoms with Gasteiger partial charge in [0.15, 0.2) is 0 Å². The summed E-state index contributed by atoms with van der Waals surface area (Å²) in [6.45, 7) is -0.306. The normalized spacial score (nSPS) is 15.5. The molecule has 1 aliphatic rings. The van der Waals surface area contributed by atoms with Crippen LogP contribution in [0.3, 0.4) is 0 Å². The zero-order valence-corrected chi connectivity index (χ0v) is 17.7. The highest BCUT2D eigenvalue weighted by Gasteiger charge is 2.34. The van der Waals surface area contributed by atoms with E-state index >= 15 is 0 Å². The van der Waals surface area contributed by atoms with Crippen LogP contribution in [0.25, 0.3) is 0 Å². The van der Waals surface area contributed by atoms with E-state index in [4.69, 9.17) is 0 Å². The molecule has 5 nitrogen and oxygen atoms in total. The summed E-state index contributed by atoms with van der Waals surface area (Å²) >= 11 is 3.31. The first-order valence-electron chi connectivity index (χ1n) is 9.19. The van der Waals surface area contributed by atoms with Gasteiger partial charge in [0.2, 0.25) is 15.9 Å². The maximum absolute atomic E-state index is 13.4. The number of benzene rings is 2. The number of nitrogens with one attached hydrogen (secondary N) is 1. The van der Waals surface area contributed by atoms with Crippen LogP contribution in [0.4, 0.5) is 10.1 Å². The van der Waals surface area contributed by atoms with Crippen LogP contribution in [0.2, 0.25) is 0 Å². The number of hydrogen-bond donors (Lipinski definition) is 1. The SMILES string of the molecule is O=C(CN(C1CCCCC1)S(=O)(=O)c1ccc(Br)cc1)Nc1cccc(F)c1. The molecule has 0 aromatic heterocycles. The van der Waals surface area contributed by atoms with Gasteiger partial charge in [-0.25, -0.2) is 12.8 Å². The Hall–Kier alpha value is -1.77. The molecule has 2 aromatic rings. The standard InChI is InChI=1S/C20H22BrFN2O3S/c21-15-9-11-19(12-10-15)28(26,27)24(18-7-2-1-3-8-18)14-20(25)23-17-6-4-5-16(22)13-17/h4-6,9-13,18H,1-3,7-8,14H2,(H,23,25). The molecule has 0 spiro atoms. The number of nitrogens with zero attached hydrogens (tertiary/aromatic N) is 1. The predicted molar refractivity (Wildman–Crippen MR) is 110 cm³/mol. The van der Waals surface area contributed by atoms with Crippen molar-refractivity contribution in [3.05, 3.63) is 58.8 Å². The lowest BCUT2D eigenvalue weighted by atomic mass is 9.95. The minimum Gasteiger partial charge on any atom is -0.325 e. The van der Waals surface area contributed by atoms with Gasteiger partial charge in [-0.1, -0.05) is 41.3 Å². The number of carbonyl (C=O) groups excluding carboxylic acids is 1. The molecular weight excluding hydrogens is 447 g/mol. The lowest BCUT2D eigenvalue weighted by Gasteiger charge is -2.33. The summed E-state index contributed by atoms with van der Waals surface area (Å²) < 4.78 is 41.9. The molecule has 28 heavy (non-hydrogen) atoms. The van der Waals surface area contributed by atoms with Crippen molar-refractivity contribution in [2.24, 2.45) is 0 Å². The highest BCUT2D eigenvalue weighted by Crippen LogP contribution is 2.28. The Kier molecular flexibility index (Phi) is 6.85. The summed E-state index contributed by atoms with van der Waals surface area (Å²) in [7, 11) is -3.84. The highest BCUT2D eigenvalue weighted by molar-refractivity contribution is 9.10. The number of rotatable bonds is 6. The maximum Gasteiger partial charge on any atom is 0.243 e. The zero-order valence-electron chi connectivity index (χ0n) is 15.3. The molecule has 1 fully saturated rings. The van der Waals surface area contributed by atoms with E-state index in [1.54, 1.807) is 18.2 Å². The third-order valence-corrected chi connectivity index (χ3v) is 7.25. The number of sulfonamides is 1. The summed E-state index contributed by atoms with van der Waals surface area (Å²) in [5.41, 5.74) is 0.301. The minimum atomic E-state index is -3.84. The largest absolute Gasteiger partial charge is 0.325 e. The molecule has 2 aromatic carbocycles. The van der Waals surface area contributed by atoms with Crippen LogP contribution in [0, 0.1) is 5.82 Å². The van der Waals surface area contributed by atoms with Crippen molar-refractivity contribution >= 4 is 37.5 Å². The second-order valence-electron chi connectivity index (χ2n) is 6.85. The summed E-state index contributed by atoms with van der Waals surface area (Å²) in [5, 5.41) is 2.59. The molecule has 150 valence electrons. The van der Waals surface area contributed by atoms with Crippen molar-refractivity contribution in [2.75, 3.05) is 11.9 Å². The molecular formula is C20H22BrFN2O3S. The van der Waals surface area contributed by atoms with Crippen molar-refractivity contribution in [2.45, 2.75) is 43.0 Å². The van der Waals surface area contributed by atoms with Crippen LogP contribution < -0.4 is 5.32 Å². The zero-order chi connectivity index (χ0) is 20.1. The number of hydrogen-bond acceptors (Lipinski definition) is 3. The molecule has 0 atom stereocenters. The molecule has 1 saturated carbocycles. The molecule has 1 N–H and O–H groups in total. The molecule has 0 aliphatic heterocycles. The monoisotopic (exact) mass is 468 g/mol. The topological polar surface area (TPSA) is 66.5 Å². The first-order chi connectivity index (χ1) is 13.4. The minimum absolute atomic E-state index is 0.153. The van der Waals surface area contributed by atoms with Gasteiger partial charge in [0.05, 0.1) is 11.4 Å². The van der Waals surface area contributed by atoms with Crippen LogP contribution >= 0.6 is 15.9 Å². The van der Waals surface area contributed by atoms with Crippen molar-refractivity contribution in [3.8, 4) is 0 Å². The van der Waals surface area contributed by atoms with Gasteiger partial charge in [0, 0.05) is 16.2 Å². The van der Waals surface area contributed by atoms with Crippen molar-refractivity contribution < 1.29 is 17.6 Å². The third-order valence-electron chi connectivity index (χ3n) is 4.81. The van der Waals surface area contributed by atoms with Crippen LogP contribution in [-0.2, 0) is 14.8 Å². The summed E-state index contributed by atoms with van der Waals surface area (Å²) in [5.74, 6) is -0.957. The molecule has 0 saturated heterocycles. The number of anilines is 1. The third kappa shape index (κ3) is 5.18. The number of carbonyl (C=O) groups is 1. The first-order valence-corrected chi connectivity index (χ1v) is 11.4. The Morgan fingerprint density at radius 2 is 1.79 bits per heavy atom. The van der Waals surface area contributed by atoms with E-state index in [0.717, 1.165) is 36.6 Å². The van der Waals surface area contributed by atoms with E-state index in [2.05, 4.69) is 21.2 Å². The van der Waals surface area contributed by atoms with E-state index < -0.39 is 21.7 Å². The predicted octanol–water partition coefficient (Wildman–Crippen LogP) is 4.55. The second-order valence-corrected chi connectivity index (χ2v) is 9.66. The summed E-state index contributed by atoms with van der Waals surface area (Å²) in [6.07, 6.45) is 4.38. The lowest BCUT2D eigenvalue weighted by molar-refractivity contribution is -0.116. The fourth-order valence-corrected chi connectivity index (χ4v) is 5.34. The Morgan fingerprint density at radius 1 is 1.11 bits per heavy atom. The van der Waals surface area contributed by atoms with Crippen molar-refractivity contribution in [1.29, 1.82) is 0 Å². The Bertz CT molecular complexity index is 929.